The lowest BCUT2D eigenvalue weighted by Gasteiger charge is -2.11. The van der Waals surface area contributed by atoms with Gasteiger partial charge in [0, 0.05) is 22.6 Å². The van der Waals surface area contributed by atoms with Gasteiger partial charge in [-0.15, -0.1) is 0 Å². The highest BCUT2D eigenvalue weighted by Gasteiger charge is 2.20. The van der Waals surface area contributed by atoms with E-state index in [1.165, 1.54) is 12.8 Å². The van der Waals surface area contributed by atoms with E-state index in [2.05, 4.69) is 21.2 Å². The van der Waals surface area contributed by atoms with E-state index in [-0.39, 0.29) is 0 Å². The van der Waals surface area contributed by atoms with Crippen LogP contribution >= 0.6 is 39.1 Å². The van der Waals surface area contributed by atoms with Gasteiger partial charge in [-0.3, -0.25) is 0 Å². The molecule has 2 nitrogen and oxygen atoms in total. The number of halogens is 3. The van der Waals surface area contributed by atoms with Gasteiger partial charge in [-0.25, -0.2) is 0 Å². The molecule has 0 heterocycles. The molecule has 1 aliphatic rings. The summed E-state index contributed by atoms with van der Waals surface area (Å²) in [4.78, 5) is 0. The Labute approximate surface area is 142 Å². The van der Waals surface area contributed by atoms with Crippen molar-refractivity contribution in [3.8, 4) is 11.5 Å². The Balaban J connectivity index is 1.71. The number of hydrogen-bond acceptors (Lipinski definition) is 2. The maximum Gasteiger partial charge on any atom is 0.141 e. The van der Waals surface area contributed by atoms with Gasteiger partial charge in [0.25, 0.3) is 0 Å². The fourth-order valence-electron chi connectivity index (χ4n) is 1.96. The third-order valence-corrected chi connectivity index (χ3v) is 4.51. The molecular weight excluding hydrogens is 373 g/mol. The Morgan fingerprint density at radius 3 is 2.62 bits per heavy atom. The van der Waals surface area contributed by atoms with Crippen LogP contribution in [0, 0.1) is 0 Å². The van der Waals surface area contributed by atoms with Gasteiger partial charge in [0.05, 0.1) is 4.47 Å². The van der Waals surface area contributed by atoms with Crippen molar-refractivity contribution in [3.05, 3.63) is 56.5 Å². The summed E-state index contributed by atoms with van der Waals surface area (Å²) < 4.78 is 6.64. The normalized spacial score (nSPS) is 14.2. The summed E-state index contributed by atoms with van der Waals surface area (Å²) in [5, 5.41) is 4.83. The average molecular weight is 387 g/mol. The smallest absolute Gasteiger partial charge is 0.141 e. The van der Waals surface area contributed by atoms with Crippen molar-refractivity contribution in [2.75, 3.05) is 0 Å². The number of rotatable bonds is 5. The largest absolute Gasteiger partial charge is 0.456 e. The Morgan fingerprint density at radius 2 is 1.95 bits per heavy atom. The molecule has 1 fully saturated rings. The lowest BCUT2D eigenvalue weighted by Crippen LogP contribution is -2.15. The minimum Gasteiger partial charge on any atom is -0.456 e. The van der Waals surface area contributed by atoms with Gasteiger partial charge in [-0.1, -0.05) is 29.3 Å². The zero-order chi connectivity index (χ0) is 14.8. The van der Waals surface area contributed by atoms with Crippen molar-refractivity contribution < 1.29 is 4.74 Å². The van der Waals surface area contributed by atoms with Crippen LogP contribution in [0.1, 0.15) is 18.4 Å². The van der Waals surface area contributed by atoms with E-state index in [9.17, 15) is 0 Å². The first-order valence-electron chi connectivity index (χ1n) is 6.76. The fraction of sp³-hybridized carbons (Fsp3) is 0.250. The molecule has 110 valence electrons. The van der Waals surface area contributed by atoms with Gasteiger partial charge in [-0.05, 0) is 64.7 Å². The molecule has 2 aromatic rings. The summed E-state index contributed by atoms with van der Waals surface area (Å²) >= 11 is 15.7. The first-order valence-corrected chi connectivity index (χ1v) is 8.31. The van der Waals surface area contributed by atoms with Crippen molar-refractivity contribution in [2.24, 2.45) is 0 Å². The maximum atomic E-state index is 6.31. The second-order valence-corrected chi connectivity index (χ2v) is 6.78. The summed E-state index contributed by atoms with van der Waals surface area (Å²) in [6.45, 7) is 0.800. The van der Waals surface area contributed by atoms with Crippen molar-refractivity contribution in [1.29, 1.82) is 0 Å². The van der Waals surface area contributed by atoms with Gasteiger partial charge < -0.3 is 10.1 Å². The first-order chi connectivity index (χ1) is 10.1. The molecular formula is C16H14BrCl2NO. The lowest BCUT2D eigenvalue weighted by atomic mass is 10.2. The van der Waals surface area contributed by atoms with E-state index in [0.29, 0.717) is 27.6 Å². The average Bonchev–Trinajstić information content (AvgIpc) is 3.25. The molecule has 0 atom stereocenters. The van der Waals surface area contributed by atoms with Crippen LogP contribution in [0.15, 0.2) is 40.9 Å². The van der Waals surface area contributed by atoms with Crippen LogP contribution in [0.25, 0.3) is 0 Å². The van der Waals surface area contributed by atoms with E-state index in [0.717, 1.165) is 16.6 Å². The van der Waals surface area contributed by atoms with Crippen LogP contribution in [0.4, 0.5) is 0 Å². The molecule has 1 N–H and O–H groups in total. The third-order valence-electron chi connectivity index (χ3n) is 3.30. The topological polar surface area (TPSA) is 21.3 Å². The van der Waals surface area contributed by atoms with Crippen molar-refractivity contribution >= 4 is 39.1 Å². The van der Waals surface area contributed by atoms with Gasteiger partial charge in [0.15, 0.2) is 0 Å². The SMILES string of the molecule is Clc1ccc(Oc2ccc(CNC3CC3)c(Cl)c2)c(Br)c1. The predicted molar refractivity (Wildman–Crippen MR) is 90.5 cm³/mol. The van der Waals surface area contributed by atoms with E-state index in [4.69, 9.17) is 27.9 Å². The van der Waals surface area contributed by atoms with Gasteiger partial charge >= 0.3 is 0 Å². The summed E-state index contributed by atoms with van der Waals surface area (Å²) in [5.74, 6) is 1.41. The molecule has 21 heavy (non-hydrogen) atoms. The summed E-state index contributed by atoms with van der Waals surface area (Å²) in [5.41, 5.74) is 1.09. The predicted octanol–water partition coefficient (Wildman–Crippen LogP) is 5.80. The number of hydrogen-bond donors (Lipinski definition) is 1. The number of nitrogens with one attached hydrogen (secondary N) is 1. The summed E-state index contributed by atoms with van der Waals surface area (Å²) in [6, 6.07) is 11.8. The minimum atomic E-state index is 0.661. The molecule has 0 aromatic heterocycles. The third kappa shape index (κ3) is 4.13. The van der Waals surface area contributed by atoms with E-state index in [1.807, 2.05) is 24.3 Å². The highest BCUT2D eigenvalue weighted by Crippen LogP contribution is 2.33. The maximum absolute atomic E-state index is 6.31. The molecule has 0 unspecified atom stereocenters. The van der Waals surface area contributed by atoms with Crippen LogP contribution < -0.4 is 10.1 Å². The summed E-state index contributed by atoms with van der Waals surface area (Å²) in [7, 11) is 0. The Hall–Kier alpha value is -0.740. The minimum absolute atomic E-state index is 0.661. The van der Waals surface area contributed by atoms with Crippen molar-refractivity contribution in [2.45, 2.75) is 25.4 Å². The highest BCUT2D eigenvalue weighted by atomic mass is 79.9. The molecule has 1 aliphatic carbocycles. The summed E-state index contributed by atoms with van der Waals surface area (Å²) in [6.07, 6.45) is 2.53. The van der Waals surface area contributed by atoms with Gasteiger partial charge in [-0.2, -0.15) is 0 Å². The Morgan fingerprint density at radius 1 is 1.14 bits per heavy atom. The van der Waals surface area contributed by atoms with Crippen molar-refractivity contribution in [3.63, 3.8) is 0 Å². The van der Waals surface area contributed by atoms with Gasteiger partial charge in [0.2, 0.25) is 0 Å². The highest BCUT2D eigenvalue weighted by molar-refractivity contribution is 9.10. The molecule has 3 rings (SSSR count). The molecule has 0 amide bonds. The van der Waals surface area contributed by atoms with Crippen LogP contribution in [-0.4, -0.2) is 6.04 Å². The molecule has 0 saturated heterocycles. The van der Waals surface area contributed by atoms with Crippen LogP contribution in [-0.2, 0) is 6.54 Å². The van der Waals surface area contributed by atoms with Crippen LogP contribution in [0.5, 0.6) is 11.5 Å². The van der Waals surface area contributed by atoms with E-state index >= 15 is 0 Å². The molecule has 1 saturated carbocycles. The number of ether oxygens (including phenoxy) is 1. The van der Waals surface area contributed by atoms with E-state index in [1.54, 1.807) is 12.1 Å². The lowest BCUT2D eigenvalue weighted by molar-refractivity contribution is 0.479. The molecule has 0 aliphatic heterocycles. The molecule has 0 spiro atoms. The Bertz CT molecular complexity index is 659. The first kappa shape index (κ1) is 15.2. The fourth-order valence-corrected chi connectivity index (χ4v) is 2.96. The quantitative estimate of drug-likeness (QED) is 0.700. The zero-order valence-electron chi connectivity index (χ0n) is 11.2. The van der Waals surface area contributed by atoms with Crippen LogP contribution in [0.2, 0.25) is 10.0 Å². The monoisotopic (exact) mass is 385 g/mol. The molecule has 2 aromatic carbocycles. The second kappa shape index (κ2) is 6.57. The molecule has 0 bridgehead atoms. The van der Waals surface area contributed by atoms with Crippen LogP contribution in [0.3, 0.4) is 0 Å². The molecule has 5 heteroatoms. The second-order valence-electron chi connectivity index (χ2n) is 5.09. The van der Waals surface area contributed by atoms with Crippen molar-refractivity contribution in [1.82, 2.24) is 5.32 Å². The molecule has 0 radical (unpaired) electrons. The van der Waals surface area contributed by atoms with E-state index < -0.39 is 0 Å². The Kier molecular flexibility index (Phi) is 4.75. The van der Waals surface area contributed by atoms with Gasteiger partial charge in [0.1, 0.15) is 11.5 Å². The standard InChI is InChI=1S/C16H14BrCl2NO/c17-14-7-11(18)2-6-16(14)21-13-5-1-10(15(19)8-13)9-20-12-3-4-12/h1-2,5-8,12,20H,3-4,9H2. The number of benzene rings is 2. The zero-order valence-corrected chi connectivity index (χ0v) is 14.3.